The molecule has 0 atom stereocenters. The number of hydrogen-bond acceptors (Lipinski definition) is 6. The van der Waals surface area contributed by atoms with Crippen molar-refractivity contribution in [2.75, 3.05) is 7.11 Å². The summed E-state index contributed by atoms with van der Waals surface area (Å²) in [5.74, 6) is 0.390. The summed E-state index contributed by atoms with van der Waals surface area (Å²) < 4.78 is 12.4. The van der Waals surface area contributed by atoms with Crippen molar-refractivity contribution in [1.82, 2.24) is 24.7 Å². The Balaban J connectivity index is 2.21. The second-order valence-electron chi connectivity index (χ2n) is 2.81. The molecule has 16 heavy (non-hydrogen) atoms. The highest BCUT2D eigenvalue weighted by Gasteiger charge is 2.08. The topological polar surface area (TPSA) is 75.0 Å². The smallest absolute Gasteiger partial charge is 0.343 e. The first kappa shape index (κ1) is 10.8. The minimum absolute atomic E-state index is 0.131. The van der Waals surface area contributed by atoms with Gasteiger partial charge in [-0.1, -0.05) is 0 Å². The van der Waals surface area contributed by atoms with Crippen LogP contribution in [0.1, 0.15) is 0 Å². The number of rotatable bonds is 3. The molecule has 0 saturated carbocycles. The van der Waals surface area contributed by atoms with Crippen molar-refractivity contribution >= 4 is 15.9 Å². The molecule has 0 saturated heterocycles. The Hall–Kier alpha value is -1.70. The minimum atomic E-state index is 0.131. The quantitative estimate of drug-likeness (QED) is 0.843. The van der Waals surface area contributed by atoms with E-state index in [9.17, 15) is 0 Å². The number of nitrogens with zero attached hydrogens (tertiary/aromatic N) is 5. The number of halogens is 1. The summed E-state index contributed by atoms with van der Waals surface area (Å²) in [7, 11) is 3.25. The van der Waals surface area contributed by atoms with Gasteiger partial charge in [-0.3, -0.25) is 4.68 Å². The fourth-order valence-corrected chi connectivity index (χ4v) is 1.33. The van der Waals surface area contributed by atoms with Gasteiger partial charge in [0.1, 0.15) is 6.33 Å². The zero-order valence-electron chi connectivity index (χ0n) is 8.59. The Morgan fingerprint density at radius 3 is 2.75 bits per heavy atom. The summed E-state index contributed by atoms with van der Waals surface area (Å²) in [6.07, 6.45) is 3.05. The maximum Gasteiger partial charge on any atom is 0.343 e. The van der Waals surface area contributed by atoms with Crippen LogP contribution in [0.2, 0.25) is 0 Å². The number of hydrogen-bond donors (Lipinski definition) is 0. The van der Waals surface area contributed by atoms with Crippen LogP contribution in [-0.4, -0.2) is 31.8 Å². The van der Waals surface area contributed by atoms with Crippen molar-refractivity contribution in [1.29, 1.82) is 0 Å². The Bertz CT molecular complexity index is 501. The van der Waals surface area contributed by atoms with E-state index in [-0.39, 0.29) is 12.0 Å². The van der Waals surface area contributed by atoms with Crippen LogP contribution in [0.25, 0.3) is 0 Å². The lowest BCUT2D eigenvalue weighted by molar-refractivity contribution is 0.363. The normalized spacial score (nSPS) is 10.2. The first-order chi connectivity index (χ1) is 7.69. The van der Waals surface area contributed by atoms with Crippen LogP contribution >= 0.6 is 15.9 Å². The van der Waals surface area contributed by atoms with Gasteiger partial charge in [-0.25, -0.2) is 4.98 Å². The first-order valence-electron chi connectivity index (χ1n) is 4.29. The molecule has 8 heteroatoms. The van der Waals surface area contributed by atoms with Crippen molar-refractivity contribution in [3.05, 3.63) is 17.0 Å². The molecule has 0 aliphatic rings. The van der Waals surface area contributed by atoms with E-state index in [0.29, 0.717) is 10.4 Å². The predicted octanol–water partition coefficient (Wildman–Crippen LogP) is 1.17. The molecular formula is C8H8BrN5O2. The highest BCUT2D eigenvalue weighted by Crippen LogP contribution is 2.23. The summed E-state index contributed by atoms with van der Waals surface area (Å²) in [5, 5.41) is 3.93. The molecule has 0 aliphatic carbocycles. The maximum atomic E-state index is 5.23. The van der Waals surface area contributed by atoms with Crippen LogP contribution in [-0.2, 0) is 7.05 Å². The van der Waals surface area contributed by atoms with Crippen molar-refractivity contribution < 1.29 is 9.47 Å². The van der Waals surface area contributed by atoms with Gasteiger partial charge in [-0.2, -0.15) is 9.97 Å². The first-order valence-corrected chi connectivity index (χ1v) is 5.08. The summed E-state index contributed by atoms with van der Waals surface area (Å²) in [5.41, 5.74) is 0. The lowest BCUT2D eigenvalue weighted by Crippen LogP contribution is -1.97. The van der Waals surface area contributed by atoms with Gasteiger partial charge in [-0.05, 0) is 15.9 Å². The minimum Gasteiger partial charge on any atom is -0.480 e. The van der Waals surface area contributed by atoms with Crippen LogP contribution < -0.4 is 9.47 Å². The monoisotopic (exact) mass is 285 g/mol. The molecule has 0 radical (unpaired) electrons. The molecule has 0 N–H and O–H groups in total. The molecule has 2 heterocycles. The second kappa shape index (κ2) is 4.44. The SMILES string of the molecule is COc1nc(Oc2ncn(C)n2)ncc1Br. The van der Waals surface area contributed by atoms with Crippen molar-refractivity contribution in [3.63, 3.8) is 0 Å². The molecule has 84 valence electrons. The third kappa shape index (κ3) is 2.27. The molecule has 0 unspecified atom stereocenters. The predicted molar refractivity (Wildman–Crippen MR) is 57.4 cm³/mol. The van der Waals surface area contributed by atoms with E-state index in [4.69, 9.17) is 9.47 Å². The van der Waals surface area contributed by atoms with Gasteiger partial charge >= 0.3 is 12.0 Å². The zero-order chi connectivity index (χ0) is 11.5. The van der Waals surface area contributed by atoms with Crippen molar-refractivity contribution in [2.45, 2.75) is 0 Å². The van der Waals surface area contributed by atoms with E-state index >= 15 is 0 Å². The van der Waals surface area contributed by atoms with Gasteiger partial charge in [0.25, 0.3) is 0 Å². The maximum absolute atomic E-state index is 5.23. The molecule has 2 aromatic rings. The van der Waals surface area contributed by atoms with Gasteiger partial charge in [-0.15, -0.1) is 5.10 Å². The molecule has 0 fully saturated rings. The fraction of sp³-hybridized carbons (Fsp3) is 0.250. The molecule has 7 nitrogen and oxygen atoms in total. The number of aryl methyl sites for hydroxylation is 1. The van der Waals surface area contributed by atoms with Gasteiger partial charge in [0.2, 0.25) is 5.88 Å². The van der Waals surface area contributed by atoms with Gasteiger partial charge in [0.15, 0.2) is 0 Å². The van der Waals surface area contributed by atoms with Gasteiger partial charge in [0.05, 0.1) is 17.8 Å². The van der Waals surface area contributed by atoms with Crippen LogP contribution in [0.5, 0.6) is 17.9 Å². The average molecular weight is 286 g/mol. The summed E-state index contributed by atoms with van der Waals surface area (Å²) in [4.78, 5) is 11.8. The van der Waals surface area contributed by atoms with E-state index in [1.165, 1.54) is 24.3 Å². The lowest BCUT2D eigenvalue weighted by Gasteiger charge is -2.03. The molecule has 0 aliphatic heterocycles. The highest BCUT2D eigenvalue weighted by atomic mass is 79.9. The van der Waals surface area contributed by atoms with Crippen LogP contribution in [0, 0.1) is 0 Å². The Morgan fingerprint density at radius 2 is 2.12 bits per heavy atom. The van der Waals surface area contributed by atoms with E-state index in [1.807, 2.05) is 0 Å². The van der Waals surface area contributed by atoms with E-state index in [1.54, 1.807) is 7.05 Å². The summed E-state index contributed by atoms with van der Waals surface area (Å²) >= 11 is 3.24. The molecular weight excluding hydrogens is 278 g/mol. The molecule has 0 spiro atoms. The van der Waals surface area contributed by atoms with E-state index in [0.717, 1.165) is 0 Å². The second-order valence-corrected chi connectivity index (χ2v) is 3.67. The van der Waals surface area contributed by atoms with Gasteiger partial charge in [0, 0.05) is 7.05 Å². The van der Waals surface area contributed by atoms with E-state index in [2.05, 4.69) is 36.0 Å². The van der Waals surface area contributed by atoms with Crippen LogP contribution in [0.15, 0.2) is 17.0 Å². The zero-order valence-corrected chi connectivity index (χ0v) is 10.2. The van der Waals surface area contributed by atoms with E-state index < -0.39 is 0 Å². The molecule has 2 aromatic heterocycles. The van der Waals surface area contributed by atoms with Gasteiger partial charge < -0.3 is 9.47 Å². The molecule has 0 aromatic carbocycles. The molecule has 0 amide bonds. The lowest BCUT2D eigenvalue weighted by atomic mass is 10.6. The van der Waals surface area contributed by atoms with Crippen molar-refractivity contribution in [3.8, 4) is 17.9 Å². The Morgan fingerprint density at radius 1 is 1.31 bits per heavy atom. The fourth-order valence-electron chi connectivity index (χ4n) is 0.977. The Kier molecular flexibility index (Phi) is 3.00. The summed E-state index contributed by atoms with van der Waals surface area (Å²) in [6, 6.07) is 0.318. The molecule has 0 bridgehead atoms. The number of ether oxygens (including phenoxy) is 2. The molecule has 2 rings (SSSR count). The third-order valence-electron chi connectivity index (χ3n) is 1.64. The average Bonchev–Trinajstić information content (AvgIpc) is 2.67. The van der Waals surface area contributed by atoms with Crippen LogP contribution in [0.4, 0.5) is 0 Å². The third-order valence-corrected chi connectivity index (χ3v) is 2.19. The largest absolute Gasteiger partial charge is 0.480 e. The van der Waals surface area contributed by atoms with Crippen molar-refractivity contribution in [2.24, 2.45) is 7.05 Å². The summed E-state index contributed by atoms with van der Waals surface area (Å²) in [6.45, 7) is 0. The van der Waals surface area contributed by atoms with Crippen LogP contribution in [0.3, 0.4) is 0 Å². The standard InChI is InChI=1S/C8H8BrN5O2/c1-14-4-11-8(13-14)16-7-10-3-5(9)6(12-7)15-2/h3-4H,1-2H3. The number of aromatic nitrogens is 5. The Labute approximate surface area is 99.6 Å². The number of methoxy groups -OCH3 is 1. The highest BCUT2D eigenvalue weighted by molar-refractivity contribution is 9.10.